The van der Waals surface area contributed by atoms with Crippen LogP contribution in [0.2, 0.25) is 0 Å². The van der Waals surface area contributed by atoms with Crippen LogP contribution in [0.25, 0.3) is 0 Å². The maximum atomic E-state index is 8.84. The number of aliphatic hydroxyl groups excluding tert-OH is 1. The molecule has 1 heteroatoms. The van der Waals surface area contributed by atoms with Gasteiger partial charge in [-0.05, 0) is 56.9 Å². The van der Waals surface area contributed by atoms with Crippen LogP contribution < -0.4 is 0 Å². The fourth-order valence-electron chi connectivity index (χ4n) is 1.86. The van der Waals surface area contributed by atoms with Gasteiger partial charge in [0.1, 0.15) is 0 Å². The lowest BCUT2D eigenvalue weighted by Crippen LogP contribution is -1.88. The zero-order valence-corrected chi connectivity index (χ0v) is 16.6. The minimum absolute atomic E-state index is 0.146. The molecule has 0 saturated heterocycles. The number of hydrogen-bond acceptors (Lipinski definition) is 1. The second-order valence-electron chi connectivity index (χ2n) is 5.18. The Morgan fingerprint density at radius 2 is 1.04 bits per heavy atom. The zero-order valence-electron chi connectivity index (χ0n) is 16.6. The van der Waals surface area contributed by atoms with Crippen molar-refractivity contribution in [3.8, 4) is 0 Å². The Hall–Kier alpha value is -1.60. The van der Waals surface area contributed by atoms with Gasteiger partial charge < -0.3 is 5.11 Å². The summed E-state index contributed by atoms with van der Waals surface area (Å²) in [5, 5.41) is 8.84. The molecule has 1 N–H and O–H groups in total. The number of aryl methyl sites for hydroxylation is 5. The normalized spacial score (nSPS) is 8.61. The summed E-state index contributed by atoms with van der Waals surface area (Å²) in [7, 11) is 0. The molecule has 2 aromatic carbocycles. The summed E-state index contributed by atoms with van der Waals surface area (Å²) in [6.45, 7) is 18.6. The average Bonchev–Trinajstić information content (AvgIpc) is 2.58. The van der Waals surface area contributed by atoms with Crippen LogP contribution in [0.15, 0.2) is 36.4 Å². The van der Waals surface area contributed by atoms with Crippen LogP contribution in [0.3, 0.4) is 0 Å². The van der Waals surface area contributed by atoms with E-state index in [0.717, 1.165) is 11.1 Å². The molecular weight excluding hydrogens is 280 g/mol. The van der Waals surface area contributed by atoms with Gasteiger partial charge in [0.15, 0.2) is 0 Å². The van der Waals surface area contributed by atoms with Crippen LogP contribution in [0.1, 0.15) is 61.1 Å². The van der Waals surface area contributed by atoms with Crippen LogP contribution >= 0.6 is 0 Å². The van der Waals surface area contributed by atoms with E-state index in [1.54, 1.807) is 0 Å². The van der Waals surface area contributed by atoms with E-state index in [9.17, 15) is 0 Å². The van der Waals surface area contributed by atoms with Gasteiger partial charge in [-0.3, -0.25) is 0 Å². The van der Waals surface area contributed by atoms with Crippen molar-refractivity contribution in [2.24, 2.45) is 0 Å². The molecule has 0 radical (unpaired) electrons. The van der Waals surface area contributed by atoms with Crippen molar-refractivity contribution >= 4 is 0 Å². The number of hydrogen-bond donors (Lipinski definition) is 1. The van der Waals surface area contributed by atoms with Crippen molar-refractivity contribution in [1.82, 2.24) is 0 Å². The topological polar surface area (TPSA) is 20.2 Å². The van der Waals surface area contributed by atoms with E-state index in [1.165, 1.54) is 22.3 Å². The van der Waals surface area contributed by atoms with Gasteiger partial charge in [-0.15, -0.1) is 0 Å². The van der Waals surface area contributed by atoms with Crippen LogP contribution in [0, 0.1) is 34.6 Å². The molecule has 0 aliphatic carbocycles. The lowest BCUT2D eigenvalue weighted by molar-refractivity contribution is 0.281. The van der Waals surface area contributed by atoms with E-state index in [-0.39, 0.29) is 6.61 Å². The van der Waals surface area contributed by atoms with Gasteiger partial charge in [0.25, 0.3) is 0 Å². The standard InChI is InChI=1S/C9H12O.C9H12.2C2H6/c1-7-3-4-8(2)9(5-7)6-10;1-7-4-5-8(2)9(3)6-7;2*1-2/h3-5,10H,6H2,1-2H3;4-6H,1-3H3;2*1-2H3. The molecular formula is C22H36O. The van der Waals surface area contributed by atoms with E-state index in [1.807, 2.05) is 53.7 Å². The quantitative estimate of drug-likeness (QED) is 0.640. The van der Waals surface area contributed by atoms with E-state index < -0.39 is 0 Å². The van der Waals surface area contributed by atoms with Crippen LogP contribution in [0.4, 0.5) is 0 Å². The van der Waals surface area contributed by atoms with Gasteiger partial charge in [-0.25, -0.2) is 0 Å². The predicted molar refractivity (Wildman–Crippen MR) is 105 cm³/mol. The van der Waals surface area contributed by atoms with Crippen molar-refractivity contribution in [3.05, 3.63) is 69.8 Å². The zero-order chi connectivity index (χ0) is 18.4. The summed E-state index contributed by atoms with van der Waals surface area (Å²) in [5.41, 5.74) is 7.50. The summed E-state index contributed by atoms with van der Waals surface area (Å²) in [5.74, 6) is 0. The molecule has 0 fully saturated rings. The highest BCUT2D eigenvalue weighted by Crippen LogP contribution is 2.09. The first-order valence-electron chi connectivity index (χ1n) is 8.65. The molecule has 130 valence electrons. The third kappa shape index (κ3) is 9.91. The van der Waals surface area contributed by atoms with Gasteiger partial charge in [-0.1, -0.05) is 75.2 Å². The molecule has 0 spiro atoms. The Bertz CT molecular complexity index is 542. The van der Waals surface area contributed by atoms with Crippen molar-refractivity contribution in [2.75, 3.05) is 0 Å². The fraction of sp³-hybridized carbons (Fsp3) is 0.455. The second kappa shape index (κ2) is 14.0. The first-order valence-corrected chi connectivity index (χ1v) is 8.65. The molecule has 0 atom stereocenters. The Labute approximate surface area is 144 Å². The van der Waals surface area contributed by atoms with E-state index in [2.05, 4.69) is 45.0 Å². The molecule has 0 aliphatic heterocycles. The largest absolute Gasteiger partial charge is 0.392 e. The maximum Gasteiger partial charge on any atom is 0.0684 e. The van der Waals surface area contributed by atoms with Gasteiger partial charge in [0.05, 0.1) is 6.61 Å². The monoisotopic (exact) mass is 316 g/mol. The minimum atomic E-state index is 0.146. The average molecular weight is 317 g/mol. The predicted octanol–water partition coefficient (Wildman–Crippen LogP) is 6.46. The Balaban J connectivity index is 0. The van der Waals surface area contributed by atoms with Crippen molar-refractivity contribution < 1.29 is 5.11 Å². The van der Waals surface area contributed by atoms with Crippen molar-refractivity contribution in [2.45, 2.75) is 68.9 Å². The lowest BCUT2D eigenvalue weighted by Gasteiger charge is -2.01. The molecule has 0 aromatic heterocycles. The molecule has 2 rings (SSSR count). The fourth-order valence-corrected chi connectivity index (χ4v) is 1.86. The highest BCUT2D eigenvalue weighted by molar-refractivity contribution is 5.30. The van der Waals surface area contributed by atoms with E-state index in [0.29, 0.717) is 0 Å². The maximum absolute atomic E-state index is 8.84. The Morgan fingerprint density at radius 3 is 1.39 bits per heavy atom. The SMILES string of the molecule is CC.CC.Cc1ccc(C)c(C)c1.Cc1ccc(C)c(CO)c1. The summed E-state index contributed by atoms with van der Waals surface area (Å²) < 4.78 is 0. The summed E-state index contributed by atoms with van der Waals surface area (Å²) in [6, 6.07) is 12.6. The highest BCUT2D eigenvalue weighted by Gasteiger charge is 1.94. The minimum Gasteiger partial charge on any atom is -0.392 e. The summed E-state index contributed by atoms with van der Waals surface area (Å²) >= 11 is 0. The van der Waals surface area contributed by atoms with Gasteiger partial charge in [0, 0.05) is 0 Å². The Morgan fingerprint density at radius 1 is 0.609 bits per heavy atom. The van der Waals surface area contributed by atoms with Gasteiger partial charge in [-0.2, -0.15) is 0 Å². The molecule has 1 nitrogen and oxygen atoms in total. The van der Waals surface area contributed by atoms with Crippen molar-refractivity contribution in [1.29, 1.82) is 0 Å². The van der Waals surface area contributed by atoms with Gasteiger partial charge in [0.2, 0.25) is 0 Å². The Kier molecular flexibility index (Phi) is 14.4. The van der Waals surface area contributed by atoms with Gasteiger partial charge >= 0.3 is 0 Å². The molecule has 0 amide bonds. The molecule has 0 heterocycles. The highest BCUT2D eigenvalue weighted by atomic mass is 16.3. The number of rotatable bonds is 1. The van der Waals surface area contributed by atoms with E-state index >= 15 is 0 Å². The molecule has 2 aromatic rings. The summed E-state index contributed by atoms with van der Waals surface area (Å²) in [4.78, 5) is 0. The first kappa shape index (κ1) is 23.7. The third-order valence-corrected chi connectivity index (χ3v) is 3.34. The lowest BCUT2D eigenvalue weighted by atomic mass is 10.1. The third-order valence-electron chi connectivity index (χ3n) is 3.34. The van der Waals surface area contributed by atoms with Crippen LogP contribution in [0.5, 0.6) is 0 Å². The second-order valence-corrected chi connectivity index (χ2v) is 5.18. The first-order chi connectivity index (χ1) is 10.9. The van der Waals surface area contributed by atoms with Crippen LogP contribution in [-0.2, 0) is 6.61 Å². The van der Waals surface area contributed by atoms with Crippen molar-refractivity contribution in [3.63, 3.8) is 0 Å². The molecule has 0 aliphatic rings. The number of aliphatic hydroxyl groups is 1. The van der Waals surface area contributed by atoms with Crippen LogP contribution in [-0.4, -0.2) is 5.11 Å². The number of benzene rings is 2. The smallest absolute Gasteiger partial charge is 0.0684 e. The molecule has 0 bridgehead atoms. The molecule has 0 saturated carbocycles. The van der Waals surface area contributed by atoms with E-state index in [4.69, 9.17) is 5.11 Å². The molecule has 23 heavy (non-hydrogen) atoms. The summed E-state index contributed by atoms with van der Waals surface area (Å²) in [6.07, 6.45) is 0. The molecule has 0 unspecified atom stereocenters.